The van der Waals surface area contributed by atoms with Gasteiger partial charge in [0.1, 0.15) is 0 Å². The van der Waals surface area contributed by atoms with Crippen molar-refractivity contribution in [3.05, 3.63) is 82.0 Å². The van der Waals surface area contributed by atoms with Crippen LogP contribution in [0.4, 0.5) is 11.5 Å². The summed E-state index contributed by atoms with van der Waals surface area (Å²) < 4.78 is 24.3. The molecule has 0 spiro atoms. The van der Waals surface area contributed by atoms with Gasteiger partial charge < -0.3 is 15.5 Å². The van der Waals surface area contributed by atoms with Crippen LogP contribution in [0, 0.1) is 5.92 Å². The molecule has 2 aromatic carbocycles. The first-order valence-electron chi connectivity index (χ1n) is 12.1. The zero-order valence-electron chi connectivity index (χ0n) is 20.8. The number of amides is 2. The molecule has 1 aliphatic rings. The molecule has 3 aromatic rings. The molecule has 0 atom stereocenters. The second-order valence-electron chi connectivity index (χ2n) is 9.32. The summed E-state index contributed by atoms with van der Waals surface area (Å²) in [5, 5.41) is 6.83. The minimum Gasteiger partial charge on any atom is -0.355 e. The number of pyridine rings is 1. The third-order valence-electron chi connectivity index (χ3n) is 6.40. The Morgan fingerprint density at radius 3 is 2.39 bits per heavy atom. The lowest BCUT2D eigenvalue weighted by atomic mass is 9.93. The van der Waals surface area contributed by atoms with Crippen LogP contribution in [0.25, 0.3) is 0 Å². The van der Waals surface area contributed by atoms with Crippen LogP contribution in [0.3, 0.4) is 0 Å². The normalized spacial score (nSPS) is 14.2. The topological polar surface area (TPSA) is 108 Å². The zero-order valence-corrected chi connectivity index (χ0v) is 23.1. The molecule has 8 nitrogen and oxygen atoms in total. The number of anilines is 2. The summed E-state index contributed by atoms with van der Waals surface area (Å²) in [6.07, 6.45) is 4.32. The average Bonchev–Trinajstić information content (AvgIpc) is 2.88. The maximum Gasteiger partial charge on any atom is 0.255 e. The Morgan fingerprint density at radius 1 is 1.03 bits per heavy atom. The van der Waals surface area contributed by atoms with Gasteiger partial charge in [-0.05, 0) is 60.7 Å². The van der Waals surface area contributed by atoms with E-state index >= 15 is 0 Å². The molecule has 1 fully saturated rings. The van der Waals surface area contributed by atoms with Crippen LogP contribution in [0.2, 0.25) is 10.0 Å². The fourth-order valence-electron chi connectivity index (χ4n) is 4.30. The number of halogens is 2. The summed E-state index contributed by atoms with van der Waals surface area (Å²) in [6, 6.07) is 15.3. The smallest absolute Gasteiger partial charge is 0.255 e. The third kappa shape index (κ3) is 7.46. The van der Waals surface area contributed by atoms with Crippen molar-refractivity contribution in [2.24, 2.45) is 5.92 Å². The second-order valence-corrected chi connectivity index (χ2v) is 12.2. The van der Waals surface area contributed by atoms with Crippen molar-refractivity contribution in [2.45, 2.75) is 30.7 Å². The minimum absolute atomic E-state index is 0.00916. The summed E-state index contributed by atoms with van der Waals surface area (Å²) in [4.78, 5) is 31.8. The monoisotopic (exact) mass is 574 g/mol. The summed E-state index contributed by atoms with van der Waals surface area (Å²) in [5.74, 6) is 0.256. The number of carbonyl (C=O) groups is 2. The van der Waals surface area contributed by atoms with E-state index in [2.05, 4.69) is 15.6 Å². The predicted octanol–water partition coefficient (Wildman–Crippen LogP) is 4.97. The highest BCUT2D eigenvalue weighted by molar-refractivity contribution is 7.90. The number of rotatable bonds is 8. The molecular formula is C27H28Cl2N4O4S. The SMILES string of the molecule is CS(=O)(=O)c1cnc(N2CCC(CC(=O)NCc3ccc(Cl)cc3)CC2)c(NC(=O)c2cccc(Cl)c2)c1. The molecule has 2 heterocycles. The lowest BCUT2D eigenvalue weighted by Crippen LogP contribution is -2.37. The molecule has 0 radical (unpaired) electrons. The number of piperidine rings is 1. The third-order valence-corrected chi connectivity index (χ3v) is 7.96. The maximum atomic E-state index is 12.9. The summed E-state index contributed by atoms with van der Waals surface area (Å²) >= 11 is 11.9. The standard InChI is InChI=1S/C27H28Cl2N4O4S/c1-38(36,37)23-15-24(32-27(35)20-3-2-4-22(29)14-20)26(31-17-23)33-11-9-18(10-12-33)13-25(34)30-16-19-5-7-21(28)8-6-19/h2-8,14-15,17-18H,9-13,16H2,1H3,(H,30,34)(H,32,35). The second kappa shape index (κ2) is 12.1. The number of nitrogens with zero attached hydrogens (tertiary/aromatic N) is 2. The molecule has 0 saturated carbocycles. The molecular weight excluding hydrogens is 547 g/mol. The van der Waals surface area contributed by atoms with Crippen molar-refractivity contribution in [3.63, 3.8) is 0 Å². The van der Waals surface area contributed by atoms with Crippen molar-refractivity contribution in [2.75, 3.05) is 29.6 Å². The highest BCUT2D eigenvalue weighted by atomic mass is 35.5. The molecule has 1 aliphatic heterocycles. The van der Waals surface area contributed by atoms with Gasteiger partial charge in [0.25, 0.3) is 5.91 Å². The highest BCUT2D eigenvalue weighted by Crippen LogP contribution is 2.31. The summed E-state index contributed by atoms with van der Waals surface area (Å²) in [5.41, 5.74) is 1.63. The molecule has 4 rings (SSSR count). The molecule has 11 heteroatoms. The Bertz CT molecular complexity index is 1420. The van der Waals surface area contributed by atoms with Gasteiger partial charge in [0.15, 0.2) is 15.7 Å². The molecule has 2 amide bonds. The summed E-state index contributed by atoms with van der Waals surface area (Å²) in [6.45, 7) is 1.67. The van der Waals surface area contributed by atoms with Crippen LogP contribution in [-0.2, 0) is 21.2 Å². The van der Waals surface area contributed by atoms with Crippen molar-refractivity contribution < 1.29 is 18.0 Å². The van der Waals surface area contributed by atoms with E-state index in [9.17, 15) is 18.0 Å². The molecule has 1 saturated heterocycles. The van der Waals surface area contributed by atoms with Crippen LogP contribution in [0.5, 0.6) is 0 Å². The van der Waals surface area contributed by atoms with Crippen LogP contribution in [0.15, 0.2) is 65.7 Å². The van der Waals surface area contributed by atoms with Crippen LogP contribution < -0.4 is 15.5 Å². The molecule has 0 aliphatic carbocycles. The minimum atomic E-state index is -3.53. The highest BCUT2D eigenvalue weighted by Gasteiger charge is 2.25. The van der Waals surface area contributed by atoms with Crippen LogP contribution in [0.1, 0.15) is 35.2 Å². The van der Waals surface area contributed by atoms with Crippen LogP contribution >= 0.6 is 23.2 Å². The largest absolute Gasteiger partial charge is 0.355 e. The van der Waals surface area contributed by atoms with E-state index in [1.165, 1.54) is 18.3 Å². The van der Waals surface area contributed by atoms with Crippen molar-refractivity contribution in [1.82, 2.24) is 10.3 Å². The lowest BCUT2D eigenvalue weighted by Gasteiger charge is -2.33. The maximum absolute atomic E-state index is 12.9. The average molecular weight is 576 g/mol. The Morgan fingerprint density at radius 2 is 1.74 bits per heavy atom. The van der Waals surface area contributed by atoms with Crippen LogP contribution in [-0.4, -0.2) is 44.6 Å². The Hall–Kier alpha value is -3.14. The van der Waals surface area contributed by atoms with Gasteiger partial charge in [-0.3, -0.25) is 9.59 Å². The molecule has 1 aromatic heterocycles. The van der Waals surface area contributed by atoms with E-state index in [-0.39, 0.29) is 16.7 Å². The van der Waals surface area contributed by atoms with E-state index in [4.69, 9.17) is 23.2 Å². The van der Waals surface area contributed by atoms with Gasteiger partial charge in [-0.25, -0.2) is 13.4 Å². The van der Waals surface area contributed by atoms with Crippen molar-refractivity contribution in [1.29, 1.82) is 0 Å². The first-order valence-corrected chi connectivity index (χ1v) is 14.8. The zero-order chi connectivity index (χ0) is 27.3. The van der Waals surface area contributed by atoms with E-state index < -0.39 is 15.7 Å². The molecule has 2 N–H and O–H groups in total. The molecule has 38 heavy (non-hydrogen) atoms. The summed E-state index contributed by atoms with van der Waals surface area (Å²) in [7, 11) is -3.53. The predicted molar refractivity (Wildman–Crippen MR) is 150 cm³/mol. The van der Waals surface area contributed by atoms with Gasteiger partial charge >= 0.3 is 0 Å². The van der Waals surface area contributed by atoms with Crippen molar-refractivity contribution in [3.8, 4) is 0 Å². The van der Waals surface area contributed by atoms with Gasteiger partial charge in [0, 0.05) is 54.1 Å². The Balaban J connectivity index is 1.41. The first-order chi connectivity index (χ1) is 18.1. The van der Waals surface area contributed by atoms with Gasteiger partial charge in [0.05, 0.1) is 10.6 Å². The number of hydrogen-bond donors (Lipinski definition) is 2. The first kappa shape index (κ1) is 27.9. The fourth-order valence-corrected chi connectivity index (χ4v) is 5.19. The Kier molecular flexibility index (Phi) is 8.91. The fraction of sp³-hybridized carbons (Fsp3) is 0.296. The number of nitrogens with one attached hydrogen (secondary N) is 2. The van der Waals surface area contributed by atoms with E-state index in [1.54, 1.807) is 30.3 Å². The number of sulfone groups is 1. The van der Waals surface area contributed by atoms with Gasteiger partial charge in [-0.15, -0.1) is 0 Å². The number of benzene rings is 2. The van der Waals surface area contributed by atoms with E-state index in [0.29, 0.717) is 53.2 Å². The van der Waals surface area contributed by atoms with Gasteiger partial charge in [0.2, 0.25) is 5.91 Å². The van der Waals surface area contributed by atoms with E-state index in [1.807, 2.05) is 17.0 Å². The number of carbonyl (C=O) groups excluding carboxylic acids is 2. The quantitative estimate of drug-likeness (QED) is 0.393. The van der Waals surface area contributed by atoms with E-state index in [0.717, 1.165) is 24.7 Å². The molecule has 200 valence electrons. The molecule has 0 bridgehead atoms. The van der Waals surface area contributed by atoms with Crippen molar-refractivity contribution >= 4 is 56.4 Å². The Labute approximate surface area is 232 Å². The number of hydrogen-bond acceptors (Lipinski definition) is 6. The van der Waals surface area contributed by atoms with Gasteiger partial charge in [-0.1, -0.05) is 41.4 Å². The van der Waals surface area contributed by atoms with Gasteiger partial charge in [-0.2, -0.15) is 0 Å². The number of aromatic nitrogens is 1. The molecule has 0 unspecified atom stereocenters. The lowest BCUT2D eigenvalue weighted by molar-refractivity contribution is -0.122.